The van der Waals surface area contributed by atoms with Crippen LogP contribution in [0.2, 0.25) is 5.02 Å². The third-order valence-corrected chi connectivity index (χ3v) is 3.63. The first-order valence-corrected chi connectivity index (χ1v) is 6.94. The second-order valence-electron chi connectivity index (χ2n) is 3.90. The Kier molecular flexibility index (Phi) is 4.58. The van der Waals surface area contributed by atoms with Gasteiger partial charge in [-0.15, -0.1) is 0 Å². The Labute approximate surface area is 137 Å². The van der Waals surface area contributed by atoms with E-state index in [0.29, 0.717) is 10.7 Å². The normalized spacial score (nSPS) is 10.2. The Morgan fingerprint density at radius 1 is 1.43 bits per heavy atom. The van der Waals surface area contributed by atoms with E-state index in [9.17, 15) is 14.9 Å². The van der Waals surface area contributed by atoms with Crippen molar-refractivity contribution < 1.29 is 14.8 Å². The Morgan fingerprint density at radius 3 is 2.71 bits per heavy atom. The summed E-state index contributed by atoms with van der Waals surface area (Å²) in [5, 5.41) is 23.2. The number of nitrogens with zero attached hydrogens (tertiary/aromatic N) is 2. The summed E-state index contributed by atoms with van der Waals surface area (Å²) in [6.07, 6.45) is 0.998. The molecule has 0 aliphatic carbocycles. The lowest BCUT2D eigenvalue weighted by atomic mass is 10.2. The zero-order valence-electron chi connectivity index (χ0n) is 10.2. The summed E-state index contributed by atoms with van der Waals surface area (Å²) in [4.78, 5) is 25.0. The summed E-state index contributed by atoms with van der Waals surface area (Å²) >= 11 is 7.87. The number of carboxylic acid groups (broad SMARTS) is 1. The Hall–Kier alpha value is -1.94. The lowest BCUT2D eigenvalue weighted by Crippen LogP contribution is -2.06. The highest BCUT2D eigenvalue weighted by molar-refractivity contribution is 14.1. The van der Waals surface area contributed by atoms with Gasteiger partial charge >= 0.3 is 5.97 Å². The molecular weight excluding hydrogens is 413 g/mol. The largest absolute Gasteiger partial charge is 0.478 e. The van der Waals surface area contributed by atoms with Crippen LogP contribution in [0.15, 0.2) is 30.5 Å². The topological polar surface area (TPSA) is 105 Å². The second-order valence-corrected chi connectivity index (χ2v) is 5.50. The monoisotopic (exact) mass is 419 g/mol. The van der Waals surface area contributed by atoms with Gasteiger partial charge in [0.1, 0.15) is 17.6 Å². The van der Waals surface area contributed by atoms with Gasteiger partial charge in [0, 0.05) is 14.7 Å². The number of pyridine rings is 1. The number of carboxylic acids is 1. The predicted molar refractivity (Wildman–Crippen MR) is 85.3 cm³/mol. The minimum absolute atomic E-state index is 0.0216. The highest BCUT2D eigenvalue weighted by Crippen LogP contribution is 2.27. The van der Waals surface area contributed by atoms with Crippen LogP contribution < -0.4 is 5.32 Å². The fourth-order valence-corrected chi connectivity index (χ4v) is 2.54. The third kappa shape index (κ3) is 3.58. The summed E-state index contributed by atoms with van der Waals surface area (Å²) in [5.74, 6) is -1.29. The van der Waals surface area contributed by atoms with E-state index in [4.69, 9.17) is 16.7 Å². The minimum Gasteiger partial charge on any atom is -0.478 e. The van der Waals surface area contributed by atoms with Crippen molar-refractivity contribution in [3.05, 3.63) is 54.7 Å². The standard InChI is InChI=1S/C12H7ClIN3O4/c13-6-1-2-10(9(14)3-6)16-11-8(12(18)19)4-7(5-15-11)17(20)21/h1-5H,(H,15,16)(H,18,19). The average molecular weight is 420 g/mol. The number of carbonyl (C=O) groups is 1. The zero-order chi connectivity index (χ0) is 15.6. The van der Waals surface area contributed by atoms with Crippen molar-refractivity contribution in [3.63, 3.8) is 0 Å². The number of anilines is 2. The molecule has 1 heterocycles. The number of hydrogen-bond donors (Lipinski definition) is 2. The molecule has 2 N–H and O–H groups in total. The van der Waals surface area contributed by atoms with Crippen LogP contribution in [0.5, 0.6) is 0 Å². The number of benzene rings is 1. The maximum Gasteiger partial charge on any atom is 0.339 e. The molecule has 108 valence electrons. The SMILES string of the molecule is O=C(O)c1cc([N+](=O)[O-])cnc1Nc1ccc(Cl)cc1I. The van der Waals surface area contributed by atoms with Gasteiger partial charge in [-0.1, -0.05) is 11.6 Å². The summed E-state index contributed by atoms with van der Waals surface area (Å²) in [6.45, 7) is 0. The molecule has 7 nitrogen and oxygen atoms in total. The van der Waals surface area contributed by atoms with Gasteiger partial charge in [0.05, 0.1) is 10.6 Å². The van der Waals surface area contributed by atoms with Crippen LogP contribution in [-0.2, 0) is 0 Å². The van der Waals surface area contributed by atoms with Gasteiger partial charge < -0.3 is 10.4 Å². The molecule has 0 saturated carbocycles. The highest BCUT2D eigenvalue weighted by atomic mass is 127. The van der Waals surface area contributed by atoms with Crippen molar-refractivity contribution in [3.8, 4) is 0 Å². The van der Waals surface area contributed by atoms with Crippen molar-refractivity contribution in [2.75, 3.05) is 5.32 Å². The van der Waals surface area contributed by atoms with Crippen molar-refractivity contribution in [1.82, 2.24) is 4.98 Å². The van der Waals surface area contributed by atoms with Gasteiger partial charge in [-0.3, -0.25) is 10.1 Å². The van der Waals surface area contributed by atoms with Crippen LogP contribution in [0.1, 0.15) is 10.4 Å². The van der Waals surface area contributed by atoms with E-state index < -0.39 is 10.9 Å². The van der Waals surface area contributed by atoms with Gasteiger partial charge in [0.2, 0.25) is 0 Å². The molecule has 1 aromatic carbocycles. The van der Waals surface area contributed by atoms with E-state index in [1.165, 1.54) is 0 Å². The number of nitro groups is 1. The van der Waals surface area contributed by atoms with Crippen molar-refractivity contribution in [2.45, 2.75) is 0 Å². The van der Waals surface area contributed by atoms with Crippen LogP contribution in [0.4, 0.5) is 17.2 Å². The summed E-state index contributed by atoms with van der Waals surface area (Å²) in [6, 6.07) is 5.95. The molecule has 0 atom stereocenters. The summed E-state index contributed by atoms with van der Waals surface area (Å²) in [5.41, 5.74) is -0.0671. The van der Waals surface area contributed by atoms with Crippen LogP contribution in [-0.4, -0.2) is 21.0 Å². The smallest absolute Gasteiger partial charge is 0.339 e. The van der Waals surface area contributed by atoms with Gasteiger partial charge in [0.25, 0.3) is 5.69 Å². The van der Waals surface area contributed by atoms with Crippen LogP contribution in [0.3, 0.4) is 0 Å². The van der Waals surface area contributed by atoms with Crippen LogP contribution in [0, 0.1) is 13.7 Å². The molecule has 0 fully saturated rings. The molecule has 2 aromatic rings. The number of aromatic carboxylic acids is 1. The number of rotatable bonds is 4. The molecule has 1 aromatic heterocycles. The molecule has 0 bridgehead atoms. The average Bonchev–Trinajstić information content (AvgIpc) is 2.41. The maximum absolute atomic E-state index is 11.2. The van der Waals surface area contributed by atoms with Gasteiger partial charge in [-0.2, -0.15) is 0 Å². The summed E-state index contributed by atoms with van der Waals surface area (Å²) in [7, 11) is 0. The lowest BCUT2D eigenvalue weighted by molar-refractivity contribution is -0.385. The van der Waals surface area contributed by atoms with Crippen molar-refractivity contribution in [1.29, 1.82) is 0 Å². The zero-order valence-corrected chi connectivity index (χ0v) is 13.1. The highest BCUT2D eigenvalue weighted by Gasteiger charge is 2.18. The molecule has 21 heavy (non-hydrogen) atoms. The number of halogens is 2. The van der Waals surface area contributed by atoms with E-state index in [1.807, 2.05) is 22.6 Å². The molecule has 0 radical (unpaired) electrons. The minimum atomic E-state index is -1.31. The molecule has 0 unspecified atom stereocenters. The Bertz CT molecular complexity index is 738. The predicted octanol–water partition coefficient (Wildman–Crippen LogP) is 3.69. The van der Waals surface area contributed by atoms with E-state index in [1.54, 1.807) is 18.2 Å². The molecular formula is C12H7ClIN3O4. The van der Waals surface area contributed by atoms with E-state index in [-0.39, 0.29) is 17.1 Å². The lowest BCUT2D eigenvalue weighted by Gasteiger charge is -2.10. The van der Waals surface area contributed by atoms with Crippen LogP contribution in [0.25, 0.3) is 0 Å². The van der Waals surface area contributed by atoms with Gasteiger partial charge in [-0.25, -0.2) is 9.78 Å². The molecule has 0 aliphatic heterocycles. The third-order valence-electron chi connectivity index (χ3n) is 2.50. The number of hydrogen-bond acceptors (Lipinski definition) is 5. The molecule has 0 amide bonds. The number of aromatic nitrogens is 1. The van der Waals surface area contributed by atoms with E-state index in [0.717, 1.165) is 15.8 Å². The van der Waals surface area contributed by atoms with Crippen LogP contribution >= 0.6 is 34.2 Å². The second kappa shape index (κ2) is 6.22. The first-order valence-electron chi connectivity index (χ1n) is 5.48. The fourth-order valence-electron chi connectivity index (χ4n) is 1.53. The van der Waals surface area contributed by atoms with Gasteiger partial charge in [-0.05, 0) is 40.8 Å². The quantitative estimate of drug-likeness (QED) is 0.445. The van der Waals surface area contributed by atoms with Gasteiger partial charge in [0.15, 0.2) is 0 Å². The maximum atomic E-state index is 11.2. The molecule has 9 heteroatoms. The van der Waals surface area contributed by atoms with Crippen molar-refractivity contribution in [2.24, 2.45) is 0 Å². The first-order chi connectivity index (χ1) is 9.88. The Balaban J connectivity index is 2.44. The molecule has 0 saturated heterocycles. The first kappa shape index (κ1) is 15.4. The van der Waals surface area contributed by atoms with Crippen molar-refractivity contribution >= 4 is 57.4 Å². The molecule has 0 aliphatic rings. The molecule has 0 spiro atoms. The summed E-state index contributed by atoms with van der Waals surface area (Å²) < 4.78 is 0.761. The molecule has 2 rings (SSSR count). The number of nitrogens with one attached hydrogen (secondary N) is 1. The van der Waals surface area contributed by atoms with E-state index in [2.05, 4.69) is 10.3 Å². The fraction of sp³-hybridized carbons (Fsp3) is 0. The van der Waals surface area contributed by atoms with E-state index >= 15 is 0 Å². The Morgan fingerprint density at radius 2 is 2.14 bits per heavy atom.